The molecule has 1 aromatic heterocycles. The van der Waals surface area contributed by atoms with Crippen LogP contribution in [0, 0.1) is 13.8 Å². The van der Waals surface area contributed by atoms with Gasteiger partial charge in [0.25, 0.3) is 0 Å². The van der Waals surface area contributed by atoms with Crippen LogP contribution in [0.15, 0.2) is 23.6 Å². The molecule has 0 saturated heterocycles. The summed E-state index contributed by atoms with van der Waals surface area (Å²) in [5.74, 6) is 0.775. The zero-order valence-electron chi connectivity index (χ0n) is 10.4. The van der Waals surface area contributed by atoms with Gasteiger partial charge in [-0.3, -0.25) is 0 Å². The molecule has 2 aromatic rings. The van der Waals surface area contributed by atoms with Crippen molar-refractivity contribution >= 4 is 11.3 Å². The molecule has 0 radical (unpaired) electrons. The number of aryl methyl sites for hydroxylation is 2. The maximum Gasteiger partial charge on any atom is 0.153 e. The number of ether oxygens (including phenoxy) is 1. The zero-order valence-corrected chi connectivity index (χ0v) is 11.2. The van der Waals surface area contributed by atoms with Crippen molar-refractivity contribution in [2.24, 2.45) is 0 Å². The SMILES string of the molecule is Cc1ccc2c(c1)C(O)CC(c1nc(C)cs1)O2. The Morgan fingerprint density at radius 2 is 2.22 bits per heavy atom. The Bertz CT molecular complexity index is 579. The lowest BCUT2D eigenvalue weighted by molar-refractivity contribution is 0.0655. The number of hydrogen-bond donors (Lipinski definition) is 1. The molecule has 0 bridgehead atoms. The molecule has 1 N–H and O–H groups in total. The lowest BCUT2D eigenvalue weighted by Crippen LogP contribution is -2.19. The Hall–Kier alpha value is -1.39. The summed E-state index contributed by atoms with van der Waals surface area (Å²) < 4.78 is 5.94. The highest BCUT2D eigenvalue weighted by Crippen LogP contribution is 2.41. The van der Waals surface area contributed by atoms with Crippen molar-refractivity contribution < 1.29 is 9.84 Å². The van der Waals surface area contributed by atoms with Gasteiger partial charge >= 0.3 is 0 Å². The van der Waals surface area contributed by atoms with Gasteiger partial charge in [-0.2, -0.15) is 0 Å². The molecule has 1 aliphatic heterocycles. The van der Waals surface area contributed by atoms with E-state index in [1.807, 2.05) is 37.4 Å². The minimum atomic E-state index is -0.470. The third-order valence-electron chi connectivity index (χ3n) is 3.14. The van der Waals surface area contributed by atoms with Crippen LogP contribution in [0.2, 0.25) is 0 Å². The Labute approximate surface area is 110 Å². The topological polar surface area (TPSA) is 42.4 Å². The Kier molecular flexibility index (Phi) is 2.84. The van der Waals surface area contributed by atoms with Gasteiger partial charge in [0.05, 0.1) is 6.10 Å². The van der Waals surface area contributed by atoms with Gasteiger partial charge in [0.2, 0.25) is 0 Å². The highest BCUT2D eigenvalue weighted by molar-refractivity contribution is 7.09. The van der Waals surface area contributed by atoms with Gasteiger partial charge in [0, 0.05) is 23.1 Å². The van der Waals surface area contributed by atoms with E-state index in [2.05, 4.69) is 4.98 Å². The number of rotatable bonds is 1. The molecular formula is C14H15NO2S. The van der Waals surface area contributed by atoms with Gasteiger partial charge in [-0.05, 0) is 26.0 Å². The number of fused-ring (bicyclic) bond motifs is 1. The monoisotopic (exact) mass is 261 g/mol. The number of thiazole rings is 1. The fourth-order valence-electron chi connectivity index (χ4n) is 2.24. The third kappa shape index (κ3) is 2.02. The predicted octanol–water partition coefficient (Wildman–Crippen LogP) is 3.32. The predicted molar refractivity (Wildman–Crippen MR) is 71.0 cm³/mol. The second-order valence-corrected chi connectivity index (χ2v) is 5.62. The molecule has 2 unspecified atom stereocenters. The maximum absolute atomic E-state index is 10.2. The Morgan fingerprint density at radius 3 is 2.94 bits per heavy atom. The van der Waals surface area contributed by atoms with Gasteiger partial charge in [0.15, 0.2) is 6.10 Å². The zero-order chi connectivity index (χ0) is 12.7. The molecular weight excluding hydrogens is 246 g/mol. The van der Waals surface area contributed by atoms with E-state index in [0.717, 1.165) is 27.6 Å². The smallest absolute Gasteiger partial charge is 0.153 e. The first-order valence-corrected chi connectivity index (χ1v) is 6.89. The molecule has 1 aliphatic rings. The minimum Gasteiger partial charge on any atom is -0.483 e. The van der Waals surface area contributed by atoms with Crippen molar-refractivity contribution in [2.75, 3.05) is 0 Å². The molecule has 0 fully saturated rings. The van der Waals surface area contributed by atoms with E-state index in [9.17, 15) is 5.11 Å². The third-order valence-corrected chi connectivity index (χ3v) is 4.20. The van der Waals surface area contributed by atoms with Gasteiger partial charge in [-0.25, -0.2) is 4.98 Å². The molecule has 0 aliphatic carbocycles. The van der Waals surface area contributed by atoms with E-state index >= 15 is 0 Å². The average molecular weight is 261 g/mol. The molecule has 94 valence electrons. The first kappa shape index (κ1) is 11.7. The normalized spacial score (nSPS) is 22.4. The molecule has 4 heteroatoms. The van der Waals surface area contributed by atoms with E-state index in [1.165, 1.54) is 0 Å². The summed E-state index contributed by atoms with van der Waals surface area (Å²) in [7, 11) is 0. The van der Waals surface area contributed by atoms with Gasteiger partial charge in [-0.1, -0.05) is 11.6 Å². The van der Waals surface area contributed by atoms with E-state index < -0.39 is 6.10 Å². The maximum atomic E-state index is 10.2. The number of aromatic nitrogens is 1. The van der Waals surface area contributed by atoms with E-state index in [0.29, 0.717) is 6.42 Å². The van der Waals surface area contributed by atoms with E-state index in [1.54, 1.807) is 11.3 Å². The van der Waals surface area contributed by atoms with Gasteiger partial charge in [-0.15, -0.1) is 11.3 Å². The van der Waals surface area contributed by atoms with Crippen molar-refractivity contribution in [1.82, 2.24) is 4.98 Å². The first-order valence-electron chi connectivity index (χ1n) is 6.01. The van der Waals surface area contributed by atoms with Crippen molar-refractivity contribution in [3.05, 3.63) is 45.4 Å². The van der Waals surface area contributed by atoms with Crippen molar-refractivity contribution in [2.45, 2.75) is 32.5 Å². The number of benzene rings is 1. The van der Waals surface area contributed by atoms with Gasteiger partial charge < -0.3 is 9.84 Å². The molecule has 18 heavy (non-hydrogen) atoms. The highest BCUT2D eigenvalue weighted by atomic mass is 32.1. The number of nitrogens with zero attached hydrogens (tertiary/aromatic N) is 1. The summed E-state index contributed by atoms with van der Waals surface area (Å²) in [4.78, 5) is 4.44. The number of hydrogen-bond acceptors (Lipinski definition) is 4. The molecule has 0 spiro atoms. The van der Waals surface area contributed by atoms with Crippen LogP contribution in [-0.4, -0.2) is 10.1 Å². The van der Waals surface area contributed by atoms with Crippen LogP contribution in [0.1, 0.15) is 40.5 Å². The summed E-state index contributed by atoms with van der Waals surface area (Å²) in [5, 5.41) is 13.2. The fraction of sp³-hybridized carbons (Fsp3) is 0.357. The fourth-order valence-corrected chi connectivity index (χ4v) is 3.07. The molecule has 3 rings (SSSR count). The lowest BCUT2D eigenvalue weighted by Gasteiger charge is -2.28. The molecule has 1 aromatic carbocycles. The van der Waals surface area contributed by atoms with Crippen LogP contribution >= 0.6 is 11.3 Å². The van der Waals surface area contributed by atoms with Crippen LogP contribution < -0.4 is 4.74 Å². The lowest BCUT2D eigenvalue weighted by atomic mass is 9.97. The molecule has 0 saturated carbocycles. The summed E-state index contributed by atoms with van der Waals surface area (Å²) >= 11 is 1.59. The summed E-state index contributed by atoms with van der Waals surface area (Å²) in [6.07, 6.45) is -0.0274. The summed E-state index contributed by atoms with van der Waals surface area (Å²) in [6, 6.07) is 5.92. The second kappa shape index (κ2) is 4.37. The molecule has 3 nitrogen and oxygen atoms in total. The standard InChI is InChI=1S/C14H15NO2S/c1-8-3-4-12-10(5-8)11(16)6-13(17-12)14-15-9(2)7-18-14/h3-5,7,11,13,16H,6H2,1-2H3. The number of aliphatic hydroxyl groups is 1. The van der Waals surface area contributed by atoms with Crippen LogP contribution in [0.5, 0.6) is 5.75 Å². The average Bonchev–Trinajstić information content (AvgIpc) is 2.77. The van der Waals surface area contributed by atoms with Crippen LogP contribution in [-0.2, 0) is 0 Å². The highest BCUT2D eigenvalue weighted by Gasteiger charge is 2.29. The van der Waals surface area contributed by atoms with Gasteiger partial charge in [0.1, 0.15) is 10.8 Å². The van der Waals surface area contributed by atoms with Crippen LogP contribution in [0.4, 0.5) is 0 Å². The Morgan fingerprint density at radius 1 is 1.39 bits per heavy atom. The Balaban J connectivity index is 1.94. The van der Waals surface area contributed by atoms with Crippen LogP contribution in [0.25, 0.3) is 0 Å². The van der Waals surface area contributed by atoms with E-state index in [-0.39, 0.29) is 6.10 Å². The van der Waals surface area contributed by atoms with Crippen molar-refractivity contribution in [3.8, 4) is 5.75 Å². The molecule has 2 atom stereocenters. The first-order chi connectivity index (χ1) is 8.63. The van der Waals surface area contributed by atoms with Crippen molar-refractivity contribution in [1.29, 1.82) is 0 Å². The summed E-state index contributed by atoms with van der Waals surface area (Å²) in [5.41, 5.74) is 3.03. The number of aliphatic hydroxyl groups excluding tert-OH is 1. The van der Waals surface area contributed by atoms with Crippen LogP contribution in [0.3, 0.4) is 0 Å². The quantitative estimate of drug-likeness (QED) is 0.856. The molecule has 2 heterocycles. The molecule has 0 amide bonds. The minimum absolute atomic E-state index is 0.131. The summed E-state index contributed by atoms with van der Waals surface area (Å²) in [6.45, 7) is 3.99. The largest absolute Gasteiger partial charge is 0.483 e. The van der Waals surface area contributed by atoms with Crippen molar-refractivity contribution in [3.63, 3.8) is 0 Å². The second-order valence-electron chi connectivity index (χ2n) is 4.73. The van der Waals surface area contributed by atoms with E-state index in [4.69, 9.17) is 4.74 Å².